The minimum atomic E-state index is -2.00. The van der Waals surface area contributed by atoms with Crippen molar-refractivity contribution in [3.8, 4) is 0 Å². The molecule has 0 aliphatic heterocycles. The topological polar surface area (TPSA) is 34.1 Å². The van der Waals surface area contributed by atoms with Crippen molar-refractivity contribution in [3.63, 3.8) is 0 Å². The molecule has 0 saturated carbocycles. The molecule has 0 aliphatic carbocycles. The predicted molar refractivity (Wildman–Crippen MR) is 86.3 cm³/mol. The molecule has 0 heterocycles. The molecule has 0 bridgehead atoms. The van der Waals surface area contributed by atoms with E-state index in [-0.39, 0.29) is 0 Å². The number of unbranched alkanes of at least 4 members (excludes halogenated alkanes) is 15. The summed E-state index contributed by atoms with van der Waals surface area (Å²) in [4.78, 5) is 0. The first-order valence-corrected chi connectivity index (χ1v) is 10.4. The maximum absolute atomic E-state index is 8.50. The van der Waals surface area contributed by atoms with Gasteiger partial charge < -0.3 is 0 Å². The maximum atomic E-state index is 8.50. The van der Waals surface area contributed by atoms with Gasteiger partial charge in [0.25, 0.3) is 0 Å². The van der Waals surface area contributed by atoms with E-state index in [1.165, 1.54) is 96.3 Å². The van der Waals surface area contributed by atoms with Crippen molar-refractivity contribution in [2.45, 2.75) is 110 Å². The van der Waals surface area contributed by atoms with Crippen molar-refractivity contribution in [1.82, 2.24) is 0 Å². The molecule has 0 N–H and O–H groups in total. The van der Waals surface area contributed by atoms with Crippen molar-refractivity contribution < 1.29 is 25.7 Å². The molecule has 0 atom stereocenters. The summed E-state index contributed by atoms with van der Waals surface area (Å²) in [7, 11) is 0. The molecular weight excluding hydrogens is 296 g/mol. The molecule has 0 aromatic rings. The average molecular weight is 333 g/mol. The molecule has 125 valence electrons. The van der Waals surface area contributed by atoms with Crippen LogP contribution in [0.5, 0.6) is 0 Å². The van der Waals surface area contributed by atoms with Crippen LogP contribution in [0, 0.1) is 6.92 Å². The quantitative estimate of drug-likeness (QED) is 0.243. The Balaban J connectivity index is 0. The van der Waals surface area contributed by atoms with Gasteiger partial charge in [-0.2, -0.15) is 0 Å². The Bertz CT molecular complexity index is 185. The van der Waals surface area contributed by atoms with Crippen LogP contribution in [0.1, 0.15) is 110 Å². The van der Waals surface area contributed by atoms with Crippen LogP contribution >= 0.6 is 0 Å². The summed E-state index contributed by atoms with van der Waals surface area (Å²) in [5, 5.41) is 0. The summed E-state index contributed by atoms with van der Waals surface area (Å²) < 4.78 is 17.0. The fraction of sp³-hybridized carbons (Fsp3) is 0.944. The second-order valence-corrected chi connectivity index (χ2v) is 6.15. The predicted octanol–water partition coefficient (Wildman–Crippen LogP) is 6.84. The van der Waals surface area contributed by atoms with Gasteiger partial charge in [0.2, 0.25) is 0 Å². The van der Waals surface area contributed by atoms with E-state index in [2.05, 4.69) is 13.8 Å². The molecule has 2 nitrogen and oxygen atoms in total. The third-order valence-corrected chi connectivity index (χ3v) is 3.85. The molecule has 0 aromatic carbocycles. The van der Waals surface area contributed by atoms with E-state index in [0.29, 0.717) is 0 Å². The second kappa shape index (κ2) is 25.3. The molecule has 0 spiro atoms. The van der Waals surface area contributed by atoms with Gasteiger partial charge >= 0.3 is 25.7 Å². The van der Waals surface area contributed by atoms with E-state index < -0.39 is 19.1 Å². The van der Waals surface area contributed by atoms with E-state index in [1.807, 2.05) is 0 Å². The van der Waals surface area contributed by atoms with Crippen molar-refractivity contribution in [2.75, 3.05) is 0 Å². The van der Waals surface area contributed by atoms with Gasteiger partial charge in [-0.3, -0.25) is 0 Å². The van der Waals surface area contributed by atoms with Crippen LogP contribution in [0.15, 0.2) is 0 Å². The third kappa shape index (κ3) is 29.1. The van der Waals surface area contributed by atoms with Gasteiger partial charge in [-0.15, -0.1) is 0 Å². The van der Waals surface area contributed by atoms with Gasteiger partial charge in [0.05, 0.1) is 0 Å². The van der Waals surface area contributed by atoms with Gasteiger partial charge in [-0.1, -0.05) is 117 Å². The Morgan fingerprint density at radius 1 is 0.571 bits per heavy atom. The molecule has 0 unspecified atom stereocenters. The van der Waals surface area contributed by atoms with Crippen molar-refractivity contribution in [1.29, 1.82) is 0 Å². The molecule has 0 rings (SSSR count). The van der Waals surface area contributed by atoms with E-state index in [0.717, 1.165) is 6.42 Å². The van der Waals surface area contributed by atoms with Crippen molar-refractivity contribution in [2.24, 2.45) is 0 Å². The van der Waals surface area contributed by atoms with Gasteiger partial charge in [-0.05, 0) is 0 Å². The zero-order chi connectivity index (χ0) is 16.0. The van der Waals surface area contributed by atoms with Crippen LogP contribution in [0.2, 0.25) is 0 Å². The Hall–Kier alpha value is 0.314. The van der Waals surface area contributed by atoms with Crippen LogP contribution < -0.4 is 0 Å². The summed E-state index contributed by atoms with van der Waals surface area (Å²) >= 11 is -2.00. The van der Waals surface area contributed by atoms with E-state index in [9.17, 15) is 0 Å². The molecule has 1 radical (unpaired) electrons. The zero-order valence-electron chi connectivity index (χ0n) is 14.3. The van der Waals surface area contributed by atoms with E-state index in [4.69, 9.17) is 6.65 Å². The molecule has 21 heavy (non-hydrogen) atoms. The monoisotopic (exact) mass is 333 g/mol. The Morgan fingerprint density at radius 2 is 0.810 bits per heavy atom. The van der Waals surface area contributed by atoms with E-state index >= 15 is 0 Å². The Labute approximate surface area is 142 Å². The molecule has 0 fully saturated rings. The SMILES string of the molecule is [CH2]CCCCCCCCCCCCCCCCC.[O]=[Ti]=[O]. The number of hydrogen-bond donors (Lipinski definition) is 0. The van der Waals surface area contributed by atoms with Crippen LogP contribution in [0.25, 0.3) is 0 Å². The first-order chi connectivity index (χ1) is 10.3. The van der Waals surface area contributed by atoms with Gasteiger partial charge in [0.1, 0.15) is 0 Å². The third-order valence-electron chi connectivity index (χ3n) is 3.85. The summed E-state index contributed by atoms with van der Waals surface area (Å²) in [6.45, 7) is 6.18. The summed E-state index contributed by atoms with van der Waals surface area (Å²) in [6.07, 6.45) is 22.8. The van der Waals surface area contributed by atoms with E-state index in [1.54, 1.807) is 0 Å². The molecule has 0 aliphatic rings. The molecule has 0 aromatic heterocycles. The zero-order valence-corrected chi connectivity index (χ0v) is 15.9. The molecule has 0 amide bonds. The Kier molecular flexibility index (Phi) is 28.4. The molecule has 3 heteroatoms. The summed E-state index contributed by atoms with van der Waals surface area (Å²) in [5.74, 6) is 0. The van der Waals surface area contributed by atoms with Crippen molar-refractivity contribution in [3.05, 3.63) is 6.92 Å². The summed E-state index contributed by atoms with van der Waals surface area (Å²) in [6, 6.07) is 0. The summed E-state index contributed by atoms with van der Waals surface area (Å²) in [5.41, 5.74) is 0. The minimum absolute atomic E-state index is 1.12. The number of hydrogen-bond acceptors (Lipinski definition) is 2. The average Bonchev–Trinajstić information content (AvgIpc) is 2.48. The Morgan fingerprint density at radius 3 is 1.05 bits per heavy atom. The second-order valence-electron chi connectivity index (χ2n) is 5.89. The van der Waals surface area contributed by atoms with Gasteiger partial charge in [0, 0.05) is 0 Å². The van der Waals surface area contributed by atoms with Crippen LogP contribution in [-0.4, -0.2) is 0 Å². The van der Waals surface area contributed by atoms with Gasteiger partial charge in [-0.25, -0.2) is 0 Å². The van der Waals surface area contributed by atoms with Crippen LogP contribution in [0.4, 0.5) is 0 Å². The molecule has 0 saturated heterocycles. The fourth-order valence-electron chi connectivity index (χ4n) is 2.55. The van der Waals surface area contributed by atoms with Crippen molar-refractivity contribution >= 4 is 0 Å². The fourth-order valence-corrected chi connectivity index (χ4v) is 2.55. The van der Waals surface area contributed by atoms with Crippen LogP contribution in [0.3, 0.4) is 0 Å². The first kappa shape index (κ1) is 23.6. The van der Waals surface area contributed by atoms with Crippen LogP contribution in [-0.2, 0) is 25.7 Å². The van der Waals surface area contributed by atoms with Gasteiger partial charge in [0.15, 0.2) is 0 Å². The molecular formula is C18H37O2Ti. The normalized spacial score (nSPS) is 9.81. The first-order valence-electron chi connectivity index (χ1n) is 9.12. The standard InChI is InChI=1S/C18H37.2O.Ti/c1-3-5-7-9-11-13-15-17-18-16-14-12-10-8-6-4-2;;;/h1,3-18H2,2H3;;;. The number of rotatable bonds is 15.